The van der Waals surface area contributed by atoms with Crippen LogP contribution in [0.25, 0.3) is 10.8 Å². The van der Waals surface area contributed by atoms with E-state index in [9.17, 15) is 13.2 Å². The zero-order valence-electron chi connectivity index (χ0n) is 17.5. The van der Waals surface area contributed by atoms with Crippen LogP contribution in [0.4, 0.5) is 13.2 Å². The van der Waals surface area contributed by atoms with Crippen molar-refractivity contribution in [2.45, 2.75) is 83.2 Å². The molecule has 0 N–H and O–H groups in total. The van der Waals surface area contributed by atoms with Crippen LogP contribution in [-0.2, 0) is 6.18 Å². The number of benzene rings is 2. The molecule has 2 aromatic carbocycles. The van der Waals surface area contributed by atoms with Gasteiger partial charge in [0.1, 0.15) is 0 Å². The number of unbranched alkanes of at least 4 members (excludes halogenated alkanes) is 2. The maximum atomic E-state index is 13.0. The third kappa shape index (κ3) is 4.81. The number of rotatable bonds is 5. The standard InChI is InChI=1S/C26H33F3/c1-2-3-4-5-18-6-7-20-15-21(9-8-19(20)14-18)22-10-11-24-17-25(26(27,28)29)13-12-23(24)16-22/h10-13,16-21H,2-9,14-15H2,1H3/t18-,19?,20-,21?/m1/s1. The summed E-state index contributed by atoms with van der Waals surface area (Å²) in [5.41, 5.74) is 0.759. The van der Waals surface area contributed by atoms with Gasteiger partial charge in [-0.1, -0.05) is 63.3 Å². The Morgan fingerprint density at radius 1 is 0.828 bits per heavy atom. The molecule has 0 spiro atoms. The molecular weight excluding hydrogens is 369 g/mol. The quantitative estimate of drug-likeness (QED) is 0.439. The molecule has 0 radical (unpaired) electrons. The summed E-state index contributed by atoms with van der Waals surface area (Å²) in [5.74, 6) is 3.27. The maximum absolute atomic E-state index is 13.0. The molecule has 2 aliphatic carbocycles. The van der Waals surface area contributed by atoms with Crippen LogP contribution in [0.2, 0.25) is 0 Å². The predicted molar refractivity (Wildman–Crippen MR) is 114 cm³/mol. The second-order valence-electron chi connectivity index (χ2n) is 9.52. The van der Waals surface area contributed by atoms with Crippen LogP contribution in [0.3, 0.4) is 0 Å². The molecule has 0 saturated heterocycles. The maximum Gasteiger partial charge on any atom is 0.416 e. The van der Waals surface area contributed by atoms with Crippen molar-refractivity contribution in [3.63, 3.8) is 0 Å². The fraction of sp³-hybridized carbons (Fsp3) is 0.615. The Kier molecular flexibility index (Phi) is 6.22. The molecule has 0 aliphatic heterocycles. The molecule has 0 aromatic heterocycles. The van der Waals surface area contributed by atoms with E-state index in [0.717, 1.165) is 23.1 Å². The van der Waals surface area contributed by atoms with E-state index in [1.54, 1.807) is 6.07 Å². The van der Waals surface area contributed by atoms with Crippen molar-refractivity contribution in [3.05, 3.63) is 47.5 Å². The molecule has 0 heterocycles. The molecule has 2 aliphatic rings. The van der Waals surface area contributed by atoms with Crippen molar-refractivity contribution in [2.24, 2.45) is 17.8 Å². The summed E-state index contributed by atoms with van der Waals surface area (Å²) in [6, 6.07) is 10.2. The molecule has 2 saturated carbocycles. The Morgan fingerprint density at radius 2 is 1.55 bits per heavy atom. The van der Waals surface area contributed by atoms with Gasteiger partial charge in [0.05, 0.1) is 5.56 Å². The summed E-state index contributed by atoms with van der Waals surface area (Å²) in [5, 5.41) is 1.61. The first-order chi connectivity index (χ1) is 13.9. The molecule has 4 atom stereocenters. The monoisotopic (exact) mass is 402 g/mol. The summed E-state index contributed by atoms with van der Waals surface area (Å²) in [6.45, 7) is 2.28. The van der Waals surface area contributed by atoms with Crippen LogP contribution in [0.1, 0.15) is 88.2 Å². The van der Waals surface area contributed by atoms with E-state index in [4.69, 9.17) is 0 Å². The molecule has 29 heavy (non-hydrogen) atoms. The van der Waals surface area contributed by atoms with Gasteiger partial charge in [-0.3, -0.25) is 0 Å². The highest BCUT2D eigenvalue weighted by Crippen LogP contribution is 2.48. The first-order valence-corrected chi connectivity index (χ1v) is 11.5. The molecule has 0 nitrogen and oxygen atoms in total. The summed E-state index contributed by atoms with van der Waals surface area (Å²) in [7, 11) is 0. The fourth-order valence-electron chi connectivity index (χ4n) is 5.93. The van der Waals surface area contributed by atoms with Crippen LogP contribution in [0, 0.1) is 17.8 Å². The minimum atomic E-state index is -4.28. The topological polar surface area (TPSA) is 0 Å². The van der Waals surface area contributed by atoms with Crippen molar-refractivity contribution in [3.8, 4) is 0 Å². The van der Waals surface area contributed by atoms with Gasteiger partial charge in [0.25, 0.3) is 0 Å². The van der Waals surface area contributed by atoms with E-state index in [2.05, 4.69) is 19.1 Å². The van der Waals surface area contributed by atoms with Crippen molar-refractivity contribution >= 4 is 10.8 Å². The molecule has 2 unspecified atom stereocenters. The van der Waals surface area contributed by atoms with Gasteiger partial charge in [0.2, 0.25) is 0 Å². The number of halogens is 3. The normalized spacial score (nSPS) is 27.7. The summed E-state index contributed by atoms with van der Waals surface area (Å²) in [4.78, 5) is 0. The van der Waals surface area contributed by atoms with Gasteiger partial charge in [-0.25, -0.2) is 0 Å². The summed E-state index contributed by atoms with van der Waals surface area (Å²) < 4.78 is 38.9. The molecule has 0 bridgehead atoms. The van der Waals surface area contributed by atoms with Gasteiger partial charge in [0, 0.05) is 0 Å². The highest BCUT2D eigenvalue weighted by molar-refractivity contribution is 5.84. The molecule has 3 heteroatoms. The second-order valence-corrected chi connectivity index (χ2v) is 9.52. The Morgan fingerprint density at radius 3 is 2.34 bits per heavy atom. The van der Waals surface area contributed by atoms with Gasteiger partial charge in [-0.05, 0) is 84.2 Å². The molecular formula is C26H33F3. The SMILES string of the molecule is CCCCC[C@@H]1CC[C@@H]2CC(c3ccc4cc(C(F)(F)F)ccc4c3)CCC2C1. The van der Waals surface area contributed by atoms with E-state index >= 15 is 0 Å². The average Bonchev–Trinajstić information content (AvgIpc) is 2.72. The van der Waals surface area contributed by atoms with Gasteiger partial charge in [0.15, 0.2) is 0 Å². The largest absolute Gasteiger partial charge is 0.416 e. The summed E-state index contributed by atoms with van der Waals surface area (Å²) in [6.07, 6.45) is 9.25. The van der Waals surface area contributed by atoms with Crippen LogP contribution in [0.5, 0.6) is 0 Å². The van der Waals surface area contributed by atoms with E-state index in [0.29, 0.717) is 11.3 Å². The first-order valence-electron chi connectivity index (χ1n) is 11.5. The van der Waals surface area contributed by atoms with E-state index < -0.39 is 11.7 Å². The molecule has 4 rings (SSSR count). The average molecular weight is 403 g/mol. The minimum Gasteiger partial charge on any atom is -0.166 e. The lowest BCUT2D eigenvalue weighted by molar-refractivity contribution is -0.137. The number of alkyl halides is 3. The lowest BCUT2D eigenvalue weighted by Crippen LogP contribution is -2.30. The Bertz CT molecular complexity index is 822. The van der Waals surface area contributed by atoms with E-state index in [-0.39, 0.29) is 0 Å². The Labute approximate surface area is 172 Å². The summed E-state index contributed by atoms with van der Waals surface area (Å²) >= 11 is 0. The van der Waals surface area contributed by atoms with Crippen LogP contribution < -0.4 is 0 Å². The van der Waals surface area contributed by atoms with E-state index in [1.165, 1.54) is 81.9 Å². The van der Waals surface area contributed by atoms with Gasteiger partial charge >= 0.3 is 6.18 Å². The van der Waals surface area contributed by atoms with Gasteiger partial charge < -0.3 is 0 Å². The van der Waals surface area contributed by atoms with Gasteiger partial charge in [-0.2, -0.15) is 13.2 Å². The van der Waals surface area contributed by atoms with Crippen molar-refractivity contribution in [2.75, 3.05) is 0 Å². The van der Waals surface area contributed by atoms with Gasteiger partial charge in [-0.15, -0.1) is 0 Å². The lowest BCUT2D eigenvalue weighted by atomic mass is 9.63. The zero-order chi connectivity index (χ0) is 20.4. The first kappa shape index (κ1) is 20.8. The highest BCUT2D eigenvalue weighted by Gasteiger charge is 2.36. The molecule has 0 amide bonds. The predicted octanol–water partition coefficient (Wildman–Crippen LogP) is 8.74. The number of hydrogen-bond donors (Lipinski definition) is 0. The second kappa shape index (κ2) is 8.70. The van der Waals surface area contributed by atoms with Crippen molar-refractivity contribution < 1.29 is 13.2 Å². The number of fused-ring (bicyclic) bond motifs is 2. The Hall–Kier alpha value is -1.51. The van der Waals surface area contributed by atoms with Crippen LogP contribution in [0.15, 0.2) is 36.4 Å². The molecule has 2 aromatic rings. The minimum absolute atomic E-state index is 0.561. The van der Waals surface area contributed by atoms with E-state index in [1.807, 2.05) is 6.07 Å². The van der Waals surface area contributed by atoms with Crippen molar-refractivity contribution in [1.82, 2.24) is 0 Å². The highest BCUT2D eigenvalue weighted by atomic mass is 19.4. The third-order valence-corrected chi connectivity index (χ3v) is 7.60. The Balaban J connectivity index is 1.41. The van der Waals surface area contributed by atoms with Crippen molar-refractivity contribution in [1.29, 1.82) is 0 Å². The third-order valence-electron chi connectivity index (χ3n) is 7.60. The van der Waals surface area contributed by atoms with Crippen LogP contribution in [-0.4, -0.2) is 0 Å². The molecule has 2 fully saturated rings. The lowest BCUT2D eigenvalue weighted by Gasteiger charge is -2.42. The van der Waals surface area contributed by atoms with Crippen LogP contribution >= 0.6 is 0 Å². The fourth-order valence-corrected chi connectivity index (χ4v) is 5.93. The zero-order valence-corrected chi connectivity index (χ0v) is 17.5. The smallest absolute Gasteiger partial charge is 0.166 e. The number of hydrogen-bond acceptors (Lipinski definition) is 0. The molecule has 158 valence electrons.